The van der Waals surface area contributed by atoms with Gasteiger partial charge in [-0.1, -0.05) is 19.1 Å². The summed E-state index contributed by atoms with van der Waals surface area (Å²) in [4.78, 5) is 11.7. The van der Waals surface area contributed by atoms with Gasteiger partial charge in [0.2, 0.25) is 0 Å². The fourth-order valence-corrected chi connectivity index (χ4v) is 1.95. The van der Waals surface area contributed by atoms with Gasteiger partial charge in [0.05, 0.1) is 32.8 Å². The highest BCUT2D eigenvalue weighted by Gasteiger charge is 2.22. The van der Waals surface area contributed by atoms with Crippen LogP contribution in [0, 0.1) is 5.92 Å². The molecule has 0 fully saturated rings. The van der Waals surface area contributed by atoms with Crippen molar-refractivity contribution in [3.8, 4) is 5.75 Å². The monoisotopic (exact) mass is 324 g/mol. The first-order chi connectivity index (χ1) is 10.7. The van der Waals surface area contributed by atoms with Crippen LogP contribution in [0.4, 0.5) is 0 Å². The molecule has 0 saturated carbocycles. The molecule has 0 aromatic heterocycles. The molecule has 0 amide bonds. The number of esters is 1. The van der Waals surface area contributed by atoms with Gasteiger partial charge in [0.1, 0.15) is 11.4 Å². The predicted octanol–water partition coefficient (Wildman–Crippen LogP) is 2.94. The van der Waals surface area contributed by atoms with Crippen molar-refractivity contribution in [3.63, 3.8) is 0 Å². The zero-order valence-corrected chi connectivity index (χ0v) is 14.7. The molecule has 130 valence electrons. The molecule has 1 aromatic rings. The van der Waals surface area contributed by atoms with E-state index in [4.69, 9.17) is 14.2 Å². The molecule has 1 rings (SSSR count). The molecule has 1 N–H and O–H groups in total. The maximum atomic E-state index is 11.7. The van der Waals surface area contributed by atoms with E-state index in [0.29, 0.717) is 13.2 Å². The van der Waals surface area contributed by atoms with E-state index in [1.54, 1.807) is 27.9 Å². The Labute approximate surface area is 138 Å². The summed E-state index contributed by atoms with van der Waals surface area (Å²) in [6.45, 7) is 8.09. The third kappa shape index (κ3) is 8.00. The van der Waals surface area contributed by atoms with Crippen LogP contribution in [0.2, 0.25) is 0 Å². The molecule has 0 unspecified atom stereocenters. The second-order valence-corrected chi connectivity index (χ2v) is 6.70. The molecular weight excluding hydrogens is 296 g/mol. The summed E-state index contributed by atoms with van der Waals surface area (Å²) >= 11 is 0. The van der Waals surface area contributed by atoms with Crippen molar-refractivity contribution in [1.29, 1.82) is 0 Å². The molecule has 2 atom stereocenters. The number of aliphatic hydroxyl groups excluding tert-OH is 1. The van der Waals surface area contributed by atoms with Crippen LogP contribution in [0.15, 0.2) is 24.3 Å². The highest BCUT2D eigenvalue weighted by molar-refractivity contribution is 5.70. The van der Waals surface area contributed by atoms with Crippen molar-refractivity contribution in [3.05, 3.63) is 29.8 Å². The molecule has 0 saturated heterocycles. The van der Waals surface area contributed by atoms with E-state index in [1.165, 1.54) is 0 Å². The Morgan fingerprint density at radius 1 is 1.22 bits per heavy atom. The van der Waals surface area contributed by atoms with Gasteiger partial charge in [-0.2, -0.15) is 0 Å². The fraction of sp³-hybridized carbons (Fsp3) is 0.611. The third-order valence-electron chi connectivity index (χ3n) is 3.26. The van der Waals surface area contributed by atoms with Gasteiger partial charge in [0.25, 0.3) is 0 Å². The second-order valence-electron chi connectivity index (χ2n) is 6.70. The summed E-state index contributed by atoms with van der Waals surface area (Å²) < 4.78 is 15.9. The SMILES string of the molecule is COc1ccc(COC[C@@H](C)[C@H](O)CC(=O)OC(C)(C)C)cc1. The van der Waals surface area contributed by atoms with Crippen molar-refractivity contribution < 1.29 is 24.1 Å². The lowest BCUT2D eigenvalue weighted by Crippen LogP contribution is -2.30. The van der Waals surface area contributed by atoms with Gasteiger partial charge in [-0.05, 0) is 38.5 Å². The standard InChI is InChI=1S/C18H28O5/c1-13(16(19)10-17(20)23-18(2,3)4)11-22-12-14-6-8-15(21-5)9-7-14/h6-9,13,16,19H,10-12H2,1-5H3/t13-,16-/m1/s1. The lowest BCUT2D eigenvalue weighted by molar-refractivity contribution is -0.158. The van der Waals surface area contributed by atoms with Crippen molar-refractivity contribution in [2.75, 3.05) is 13.7 Å². The highest BCUT2D eigenvalue weighted by Crippen LogP contribution is 2.15. The maximum Gasteiger partial charge on any atom is 0.308 e. The Kier molecular flexibility index (Phi) is 7.52. The van der Waals surface area contributed by atoms with E-state index in [-0.39, 0.29) is 12.3 Å². The summed E-state index contributed by atoms with van der Waals surface area (Å²) in [5.41, 5.74) is 0.491. The second kappa shape index (κ2) is 8.89. The first-order valence-electron chi connectivity index (χ1n) is 7.82. The van der Waals surface area contributed by atoms with Crippen LogP contribution in [0.5, 0.6) is 5.75 Å². The maximum absolute atomic E-state index is 11.7. The quantitative estimate of drug-likeness (QED) is 0.745. The molecule has 0 bridgehead atoms. The molecule has 23 heavy (non-hydrogen) atoms. The van der Waals surface area contributed by atoms with Crippen molar-refractivity contribution in [1.82, 2.24) is 0 Å². The zero-order chi connectivity index (χ0) is 17.5. The van der Waals surface area contributed by atoms with Gasteiger partial charge in [-0.25, -0.2) is 0 Å². The Morgan fingerprint density at radius 3 is 2.35 bits per heavy atom. The first-order valence-corrected chi connectivity index (χ1v) is 7.82. The van der Waals surface area contributed by atoms with Crippen LogP contribution in [-0.4, -0.2) is 36.5 Å². The first kappa shape index (κ1) is 19.5. The van der Waals surface area contributed by atoms with Gasteiger partial charge >= 0.3 is 5.97 Å². The number of aliphatic hydroxyl groups is 1. The van der Waals surface area contributed by atoms with Gasteiger partial charge in [0.15, 0.2) is 0 Å². The number of carbonyl (C=O) groups is 1. The molecule has 0 aliphatic rings. The largest absolute Gasteiger partial charge is 0.497 e. The topological polar surface area (TPSA) is 65.0 Å². The van der Waals surface area contributed by atoms with E-state index in [2.05, 4.69) is 0 Å². The van der Waals surface area contributed by atoms with Crippen LogP contribution in [-0.2, 0) is 20.9 Å². The van der Waals surface area contributed by atoms with Crippen molar-refractivity contribution >= 4 is 5.97 Å². The number of methoxy groups -OCH3 is 1. The average Bonchev–Trinajstić information content (AvgIpc) is 2.45. The normalized spacial score (nSPS) is 14.2. The third-order valence-corrected chi connectivity index (χ3v) is 3.26. The van der Waals surface area contributed by atoms with Gasteiger partial charge in [0, 0.05) is 5.92 Å². The number of hydrogen-bond donors (Lipinski definition) is 1. The van der Waals surface area contributed by atoms with Gasteiger partial charge in [-0.3, -0.25) is 4.79 Å². The summed E-state index contributed by atoms with van der Waals surface area (Å²) in [5, 5.41) is 10.1. The number of benzene rings is 1. The molecule has 0 radical (unpaired) electrons. The number of ether oxygens (including phenoxy) is 3. The Hall–Kier alpha value is -1.59. The van der Waals surface area contributed by atoms with Crippen molar-refractivity contribution in [2.45, 2.75) is 52.4 Å². The van der Waals surface area contributed by atoms with Crippen molar-refractivity contribution in [2.24, 2.45) is 5.92 Å². The smallest absolute Gasteiger partial charge is 0.308 e. The minimum absolute atomic E-state index is 0.0235. The zero-order valence-electron chi connectivity index (χ0n) is 14.7. The Morgan fingerprint density at radius 2 is 1.83 bits per heavy atom. The van der Waals surface area contributed by atoms with E-state index in [0.717, 1.165) is 11.3 Å². The molecule has 0 spiro atoms. The van der Waals surface area contributed by atoms with Crippen LogP contribution < -0.4 is 4.74 Å². The minimum atomic E-state index is -0.777. The minimum Gasteiger partial charge on any atom is -0.497 e. The number of hydrogen-bond acceptors (Lipinski definition) is 5. The van der Waals surface area contributed by atoms with Crippen LogP contribution in [0.1, 0.15) is 39.7 Å². The predicted molar refractivity (Wildman–Crippen MR) is 88.3 cm³/mol. The van der Waals surface area contributed by atoms with Crippen LogP contribution >= 0.6 is 0 Å². The molecular formula is C18H28O5. The average molecular weight is 324 g/mol. The lowest BCUT2D eigenvalue weighted by Gasteiger charge is -2.22. The summed E-state index contributed by atoms with van der Waals surface area (Å²) in [7, 11) is 1.62. The van der Waals surface area contributed by atoms with Crippen LogP contribution in [0.25, 0.3) is 0 Å². The fourth-order valence-electron chi connectivity index (χ4n) is 1.95. The molecule has 1 aromatic carbocycles. The van der Waals surface area contributed by atoms with E-state index in [9.17, 15) is 9.90 Å². The molecule has 5 nitrogen and oxygen atoms in total. The lowest BCUT2D eigenvalue weighted by atomic mass is 10.0. The summed E-state index contributed by atoms with van der Waals surface area (Å²) in [6, 6.07) is 7.61. The summed E-state index contributed by atoms with van der Waals surface area (Å²) in [5.74, 6) is 0.252. The Balaban J connectivity index is 2.31. The molecule has 0 aliphatic heterocycles. The Bertz CT molecular complexity index is 475. The van der Waals surface area contributed by atoms with Gasteiger partial charge in [-0.15, -0.1) is 0 Å². The van der Waals surface area contributed by atoms with E-state index < -0.39 is 17.7 Å². The molecule has 0 aliphatic carbocycles. The molecule has 5 heteroatoms. The number of rotatable bonds is 8. The van der Waals surface area contributed by atoms with Gasteiger partial charge < -0.3 is 19.3 Å². The highest BCUT2D eigenvalue weighted by atomic mass is 16.6. The van der Waals surface area contributed by atoms with E-state index >= 15 is 0 Å². The molecule has 0 heterocycles. The summed E-state index contributed by atoms with van der Waals surface area (Å²) in [6.07, 6.45) is -0.801. The van der Waals surface area contributed by atoms with Crippen LogP contribution in [0.3, 0.4) is 0 Å². The number of carbonyl (C=O) groups excluding carboxylic acids is 1. The van der Waals surface area contributed by atoms with E-state index in [1.807, 2.05) is 31.2 Å².